The van der Waals surface area contributed by atoms with E-state index in [0.29, 0.717) is 10.6 Å². The number of hydrogen-bond acceptors (Lipinski definition) is 7. The van der Waals surface area contributed by atoms with Crippen LogP contribution >= 0.6 is 11.3 Å². The fourth-order valence-corrected chi connectivity index (χ4v) is 4.43. The first-order valence-electron chi connectivity index (χ1n) is 8.39. The smallest absolute Gasteiger partial charge is 0.437 e. The molecule has 0 atom stereocenters. The van der Waals surface area contributed by atoms with Crippen molar-refractivity contribution in [3.05, 3.63) is 45.0 Å². The molecule has 0 saturated carbocycles. The van der Waals surface area contributed by atoms with Crippen LogP contribution < -0.4 is 16.8 Å². The average Bonchev–Trinajstić information content (AvgIpc) is 3.33. The summed E-state index contributed by atoms with van der Waals surface area (Å²) in [4.78, 5) is 37.2. The lowest BCUT2D eigenvalue weighted by atomic mass is 9.95. The van der Waals surface area contributed by atoms with Gasteiger partial charge in [-0.1, -0.05) is 0 Å². The number of furan rings is 1. The molecule has 140 valence electrons. The second-order valence-corrected chi connectivity index (χ2v) is 7.24. The molecule has 2 amide bonds. The molecule has 10 heteroatoms. The summed E-state index contributed by atoms with van der Waals surface area (Å²) in [6, 6.07) is 3.22. The van der Waals surface area contributed by atoms with Crippen LogP contribution in [0, 0.1) is 0 Å². The lowest BCUT2D eigenvalue weighted by molar-refractivity contribution is -0.117. The van der Waals surface area contributed by atoms with Crippen molar-refractivity contribution < 1.29 is 18.4 Å². The molecule has 0 fully saturated rings. The number of carbonyl (C=O) groups is 2. The zero-order chi connectivity index (χ0) is 19.0. The van der Waals surface area contributed by atoms with Gasteiger partial charge in [-0.15, -0.1) is 16.4 Å². The van der Waals surface area contributed by atoms with E-state index in [0.717, 1.165) is 40.8 Å². The van der Waals surface area contributed by atoms with Crippen LogP contribution in [0.2, 0.25) is 0 Å². The SMILES string of the molecule is NC(=O)c1c(NC(=O)Cn2nc(-c3ccco3)oc2=O)sc2c1CCCC2. The quantitative estimate of drug-likeness (QED) is 0.684. The third-order valence-electron chi connectivity index (χ3n) is 4.30. The summed E-state index contributed by atoms with van der Waals surface area (Å²) in [6.45, 7) is -0.357. The highest BCUT2D eigenvalue weighted by atomic mass is 32.1. The number of aromatic nitrogens is 2. The van der Waals surface area contributed by atoms with Crippen LogP contribution in [-0.2, 0) is 24.2 Å². The summed E-state index contributed by atoms with van der Waals surface area (Å²) in [5.74, 6) is -1.58. The van der Waals surface area contributed by atoms with E-state index in [9.17, 15) is 14.4 Å². The van der Waals surface area contributed by atoms with Crippen LogP contribution in [0.5, 0.6) is 0 Å². The Balaban J connectivity index is 1.55. The molecule has 1 aliphatic carbocycles. The highest BCUT2D eigenvalue weighted by Crippen LogP contribution is 2.37. The first kappa shape index (κ1) is 17.3. The van der Waals surface area contributed by atoms with Crippen molar-refractivity contribution in [3.8, 4) is 11.7 Å². The van der Waals surface area contributed by atoms with Gasteiger partial charge in [0.1, 0.15) is 11.5 Å². The van der Waals surface area contributed by atoms with Crippen molar-refractivity contribution in [2.75, 3.05) is 5.32 Å². The Kier molecular flexibility index (Phi) is 4.40. The maximum atomic E-state index is 12.4. The third-order valence-corrected chi connectivity index (χ3v) is 5.51. The van der Waals surface area contributed by atoms with E-state index in [2.05, 4.69) is 10.4 Å². The van der Waals surface area contributed by atoms with Crippen molar-refractivity contribution >= 4 is 28.2 Å². The van der Waals surface area contributed by atoms with Crippen LogP contribution in [0.4, 0.5) is 5.00 Å². The van der Waals surface area contributed by atoms with E-state index in [1.54, 1.807) is 12.1 Å². The van der Waals surface area contributed by atoms with Gasteiger partial charge >= 0.3 is 5.76 Å². The number of amides is 2. The minimum absolute atomic E-state index is 0.0118. The van der Waals surface area contributed by atoms with Crippen LogP contribution in [0.25, 0.3) is 11.7 Å². The monoisotopic (exact) mass is 388 g/mol. The topological polar surface area (TPSA) is 133 Å². The van der Waals surface area contributed by atoms with Gasteiger partial charge in [0.05, 0.1) is 11.8 Å². The predicted octanol–water partition coefficient (Wildman–Crippen LogP) is 1.77. The van der Waals surface area contributed by atoms with E-state index in [1.165, 1.54) is 17.6 Å². The molecular weight excluding hydrogens is 372 g/mol. The fourth-order valence-electron chi connectivity index (χ4n) is 3.12. The molecule has 3 N–H and O–H groups in total. The second kappa shape index (κ2) is 6.88. The summed E-state index contributed by atoms with van der Waals surface area (Å²) in [5.41, 5.74) is 6.81. The Labute approximate surface area is 156 Å². The normalized spacial score (nSPS) is 13.3. The lowest BCUT2D eigenvalue weighted by Crippen LogP contribution is -2.26. The van der Waals surface area contributed by atoms with Gasteiger partial charge in [-0.3, -0.25) is 9.59 Å². The number of thiophene rings is 1. The van der Waals surface area contributed by atoms with Crippen LogP contribution in [0.1, 0.15) is 33.6 Å². The van der Waals surface area contributed by atoms with Crippen molar-refractivity contribution in [1.29, 1.82) is 0 Å². The van der Waals surface area contributed by atoms with Gasteiger partial charge < -0.3 is 19.9 Å². The van der Waals surface area contributed by atoms with Gasteiger partial charge in [-0.25, -0.2) is 4.79 Å². The Morgan fingerprint density at radius 1 is 1.33 bits per heavy atom. The summed E-state index contributed by atoms with van der Waals surface area (Å²) >= 11 is 1.36. The van der Waals surface area contributed by atoms with E-state index in [-0.39, 0.29) is 18.2 Å². The molecule has 1 aliphatic rings. The average molecular weight is 388 g/mol. The predicted molar refractivity (Wildman–Crippen MR) is 96.6 cm³/mol. The first-order valence-corrected chi connectivity index (χ1v) is 9.20. The molecule has 0 aliphatic heterocycles. The molecule has 3 aromatic heterocycles. The molecule has 3 aromatic rings. The Hall–Kier alpha value is -3.14. The highest BCUT2D eigenvalue weighted by Gasteiger charge is 2.25. The molecule has 0 radical (unpaired) electrons. The van der Waals surface area contributed by atoms with Crippen LogP contribution in [0.3, 0.4) is 0 Å². The molecule has 9 nitrogen and oxygen atoms in total. The highest BCUT2D eigenvalue weighted by molar-refractivity contribution is 7.17. The molecule has 0 spiro atoms. The van der Waals surface area contributed by atoms with Crippen molar-refractivity contribution in [2.45, 2.75) is 32.2 Å². The second-order valence-electron chi connectivity index (χ2n) is 6.14. The van der Waals surface area contributed by atoms with E-state index in [1.807, 2.05) is 0 Å². The maximum Gasteiger partial charge on any atom is 0.437 e. The fraction of sp³-hybridized carbons (Fsp3) is 0.294. The zero-order valence-corrected chi connectivity index (χ0v) is 15.0. The van der Waals surface area contributed by atoms with Gasteiger partial charge in [0.15, 0.2) is 5.76 Å². The van der Waals surface area contributed by atoms with E-state index in [4.69, 9.17) is 14.6 Å². The maximum absolute atomic E-state index is 12.4. The molecule has 0 bridgehead atoms. The van der Waals surface area contributed by atoms with Crippen molar-refractivity contribution in [2.24, 2.45) is 5.73 Å². The standard InChI is InChI=1S/C17H16N4O5S/c18-14(23)13-9-4-1-2-6-11(9)27-16(13)19-12(22)8-21-17(24)26-15(20-21)10-5-3-7-25-10/h3,5,7H,1-2,4,6,8H2,(H2,18,23)(H,19,22). The number of rotatable bonds is 5. The number of aryl methyl sites for hydroxylation is 1. The number of hydrogen-bond donors (Lipinski definition) is 2. The number of nitrogens with two attached hydrogens (primary N) is 1. The summed E-state index contributed by atoms with van der Waals surface area (Å²) in [6.07, 6.45) is 5.09. The Bertz CT molecular complexity index is 1060. The van der Waals surface area contributed by atoms with E-state index < -0.39 is 17.6 Å². The molecule has 27 heavy (non-hydrogen) atoms. The molecular formula is C17H16N4O5S. The number of carbonyl (C=O) groups excluding carboxylic acids is 2. The number of nitrogens with zero attached hydrogens (tertiary/aromatic N) is 2. The van der Waals surface area contributed by atoms with Gasteiger partial charge in [0, 0.05) is 4.88 Å². The zero-order valence-electron chi connectivity index (χ0n) is 14.2. The van der Waals surface area contributed by atoms with Crippen LogP contribution in [-0.4, -0.2) is 21.6 Å². The number of anilines is 1. The lowest BCUT2D eigenvalue weighted by Gasteiger charge is -2.11. The summed E-state index contributed by atoms with van der Waals surface area (Å²) < 4.78 is 11.0. The van der Waals surface area contributed by atoms with Gasteiger partial charge in [-0.05, 0) is 43.4 Å². The summed E-state index contributed by atoms with van der Waals surface area (Å²) in [5, 5.41) is 7.05. The minimum atomic E-state index is -0.780. The van der Waals surface area contributed by atoms with E-state index >= 15 is 0 Å². The van der Waals surface area contributed by atoms with Gasteiger partial charge in [0.25, 0.3) is 11.8 Å². The molecule has 4 rings (SSSR count). The van der Waals surface area contributed by atoms with Crippen LogP contribution in [0.15, 0.2) is 32.0 Å². The third kappa shape index (κ3) is 3.31. The number of nitrogens with one attached hydrogen (secondary N) is 1. The largest absolute Gasteiger partial charge is 0.459 e. The van der Waals surface area contributed by atoms with Crippen molar-refractivity contribution in [3.63, 3.8) is 0 Å². The summed E-state index contributed by atoms with van der Waals surface area (Å²) in [7, 11) is 0. The Morgan fingerprint density at radius 2 is 2.15 bits per heavy atom. The van der Waals surface area contributed by atoms with Crippen molar-refractivity contribution in [1.82, 2.24) is 9.78 Å². The van der Waals surface area contributed by atoms with Gasteiger partial charge in [-0.2, -0.15) is 4.68 Å². The minimum Gasteiger partial charge on any atom is -0.459 e. The Morgan fingerprint density at radius 3 is 2.89 bits per heavy atom. The molecule has 0 aromatic carbocycles. The molecule has 3 heterocycles. The molecule has 0 saturated heterocycles. The molecule has 0 unspecified atom stereocenters. The number of primary amides is 1. The first-order chi connectivity index (χ1) is 13.0. The van der Waals surface area contributed by atoms with Gasteiger partial charge in [0.2, 0.25) is 5.91 Å². The number of fused-ring (bicyclic) bond motifs is 1.